The second kappa shape index (κ2) is 6.93. The third-order valence-electron chi connectivity index (χ3n) is 3.65. The zero-order valence-corrected chi connectivity index (χ0v) is 14.6. The van der Waals surface area contributed by atoms with Crippen LogP contribution in [0.5, 0.6) is 5.75 Å². The predicted molar refractivity (Wildman–Crippen MR) is 92.6 cm³/mol. The standard InChI is InChI=1S/C17H13ClN4O4/c1-22-8-20-16(21-22)10-5-3-4-9(15(10)26-2)14(23)11-6-13(18)19-7-12(11)17(24)25/h3-8H,1-2H3,(H,24,25). The van der Waals surface area contributed by atoms with E-state index in [0.717, 1.165) is 6.20 Å². The highest BCUT2D eigenvalue weighted by Crippen LogP contribution is 2.33. The first-order chi connectivity index (χ1) is 12.4. The highest BCUT2D eigenvalue weighted by atomic mass is 35.5. The molecule has 26 heavy (non-hydrogen) atoms. The van der Waals surface area contributed by atoms with Crippen molar-refractivity contribution in [2.24, 2.45) is 7.05 Å². The third kappa shape index (κ3) is 3.14. The van der Waals surface area contributed by atoms with Gasteiger partial charge in [-0.05, 0) is 18.2 Å². The van der Waals surface area contributed by atoms with Crippen molar-refractivity contribution in [3.63, 3.8) is 0 Å². The molecule has 0 unspecified atom stereocenters. The SMILES string of the molecule is COc1c(C(=O)c2cc(Cl)ncc2C(=O)O)cccc1-c1ncn(C)n1. The van der Waals surface area contributed by atoms with E-state index >= 15 is 0 Å². The summed E-state index contributed by atoms with van der Waals surface area (Å²) in [5.41, 5.74) is 0.350. The molecule has 0 saturated heterocycles. The maximum Gasteiger partial charge on any atom is 0.338 e. The minimum absolute atomic E-state index is 0.0138. The second-order valence-corrected chi connectivity index (χ2v) is 5.70. The fourth-order valence-corrected chi connectivity index (χ4v) is 2.67. The molecule has 9 heteroatoms. The molecular weight excluding hydrogens is 360 g/mol. The molecule has 0 aliphatic rings. The molecule has 0 fully saturated rings. The third-order valence-corrected chi connectivity index (χ3v) is 3.86. The molecule has 2 heterocycles. The molecule has 3 rings (SSSR count). The van der Waals surface area contributed by atoms with E-state index in [1.165, 1.54) is 30.3 Å². The van der Waals surface area contributed by atoms with Gasteiger partial charge in [-0.15, -0.1) is 0 Å². The van der Waals surface area contributed by atoms with E-state index in [9.17, 15) is 14.7 Å². The number of methoxy groups -OCH3 is 1. The van der Waals surface area contributed by atoms with Gasteiger partial charge in [-0.3, -0.25) is 9.48 Å². The summed E-state index contributed by atoms with van der Waals surface area (Å²) in [5, 5.41) is 13.6. The fourth-order valence-electron chi connectivity index (χ4n) is 2.51. The van der Waals surface area contributed by atoms with E-state index in [4.69, 9.17) is 16.3 Å². The summed E-state index contributed by atoms with van der Waals surface area (Å²) in [6.45, 7) is 0. The Morgan fingerprint density at radius 2 is 1.96 bits per heavy atom. The quantitative estimate of drug-likeness (QED) is 0.541. The second-order valence-electron chi connectivity index (χ2n) is 5.32. The van der Waals surface area contributed by atoms with Gasteiger partial charge in [-0.25, -0.2) is 14.8 Å². The van der Waals surface area contributed by atoms with Crippen molar-refractivity contribution in [1.82, 2.24) is 19.7 Å². The van der Waals surface area contributed by atoms with Crippen molar-refractivity contribution >= 4 is 23.4 Å². The molecule has 0 aliphatic carbocycles. The Morgan fingerprint density at radius 3 is 2.58 bits per heavy atom. The van der Waals surface area contributed by atoms with Crippen LogP contribution in [0, 0.1) is 0 Å². The van der Waals surface area contributed by atoms with Gasteiger partial charge in [-0.1, -0.05) is 17.7 Å². The Hall–Kier alpha value is -3.26. The van der Waals surface area contributed by atoms with Crippen molar-refractivity contribution < 1.29 is 19.4 Å². The summed E-state index contributed by atoms with van der Waals surface area (Å²) < 4.78 is 6.93. The van der Waals surface area contributed by atoms with Crippen LogP contribution >= 0.6 is 11.6 Å². The van der Waals surface area contributed by atoms with E-state index in [1.807, 2.05) is 0 Å². The molecule has 1 aromatic carbocycles. The number of halogens is 1. The molecule has 0 radical (unpaired) electrons. The number of carboxylic acids is 1. The van der Waals surface area contributed by atoms with E-state index in [0.29, 0.717) is 11.4 Å². The van der Waals surface area contributed by atoms with E-state index in [2.05, 4.69) is 15.1 Å². The van der Waals surface area contributed by atoms with Gasteiger partial charge in [0.15, 0.2) is 11.6 Å². The molecule has 0 atom stereocenters. The van der Waals surface area contributed by atoms with Crippen LogP contribution in [0.2, 0.25) is 5.15 Å². The number of aromatic nitrogens is 4. The van der Waals surface area contributed by atoms with Crippen LogP contribution in [-0.2, 0) is 7.05 Å². The molecule has 0 saturated carbocycles. The van der Waals surface area contributed by atoms with Crippen molar-refractivity contribution in [3.05, 3.63) is 58.6 Å². The van der Waals surface area contributed by atoms with E-state index in [-0.39, 0.29) is 27.6 Å². The smallest absolute Gasteiger partial charge is 0.338 e. The number of hydrogen-bond acceptors (Lipinski definition) is 6. The van der Waals surface area contributed by atoms with Crippen molar-refractivity contribution in [2.75, 3.05) is 7.11 Å². The lowest BCUT2D eigenvalue weighted by Crippen LogP contribution is -2.12. The highest BCUT2D eigenvalue weighted by Gasteiger charge is 2.24. The van der Waals surface area contributed by atoms with Crippen LogP contribution in [-0.4, -0.2) is 43.7 Å². The number of nitrogens with zero attached hydrogens (tertiary/aromatic N) is 4. The molecule has 3 aromatic rings. The number of aryl methyl sites for hydroxylation is 1. The maximum atomic E-state index is 13.0. The van der Waals surface area contributed by atoms with Crippen LogP contribution < -0.4 is 4.74 Å². The van der Waals surface area contributed by atoms with Gasteiger partial charge in [0, 0.05) is 18.8 Å². The number of carboxylic acid groups (broad SMARTS) is 1. The summed E-state index contributed by atoms with van der Waals surface area (Å²) >= 11 is 5.85. The molecule has 0 aliphatic heterocycles. The Morgan fingerprint density at radius 1 is 1.19 bits per heavy atom. The Labute approximate surface area is 153 Å². The number of benzene rings is 1. The first kappa shape index (κ1) is 17.6. The van der Waals surface area contributed by atoms with Crippen molar-refractivity contribution in [3.8, 4) is 17.1 Å². The molecule has 2 aromatic heterocycles. The Bertz CT molecular complexity index is 1020. The monoisotopic (exact) mass is 372 g/mol. The van der Waals surface area contributed by atoms with Crippen LogP contribution in [0.4, 0.5) is 0 Å². The summed E-state index contributed by atoms with van der Waals surface area (Å²) in [7, 11) is 3.13. The van der Waals surface area contributed by atoms with Crippen LogP contribution in [0.3, 0.4) is 0 Å². The normalized spacial score (nSPS) is 10.6. The molecule has 0 spiro atoms. The minimum atomic E-state index is -1.28. The first-order valence-electron chi connectivity index (χ1n) is 7.39. The fraction of sp³-hybridized carbons (Fsp3) is 0.118. The number of carbonyl (C=O) groups excluding carboxylic acids is 1. The van der Waals surface area contributed by atoms with Gasteiger partial charge in [0.1, 0.15) is 17.2 Å². The molecule has 8 nitrogen and oxygen atoms in total. The van der Waals surface area contributed by atoms with Crippen LogP contribution in [0.1, 0.15) is 26.3 Å². The number of pyridine rings is 1. The highest BCUT2D eigenvalue weighted by molar-refractivity contribution is 6.30. The van der Waals surface area contributed by atoms with Gasteiger partial charge in [0.2, 0.25) is 0 Å². The van der Waals surface area contributed by atoms with Crippen molar-refractivity contribution in [2.45, 2.75) is 0 Å². The maximum absolute atomic E-state index is 13.0. The average molecular weight is 373 g/mol. The lowest BCUT2D eigenvalue weighted by Gasteiger charge is -2.12. The molecule has 132 valence electrons. The Balaban J connectivity index is 2.17. The topological polar surface area (TPSA) is 107 Å². The number of rotatable bonds is 5. The summed E-state index contributed by atoms with van der Waals surface area (Å²) in [4.78, 5) is 32.3. The summed E-state index contributed by atoms with van der Waals surface area (Å²) in [6, 6.07) is 6.11. The van der Waals surface area contributed by atoms with Gasteiger partial charge in [-0.2, -0.15) is 5.10 Å². The minimum Gasteiger partial charge on any atom is -0.495 e. The van der Waals surface area contributed by atoms with Gasteiger partial charge >= 0.3 is 5.97 Å². The van der Waals surface area contributed by atoms with Gasteiger partial charge in [0.05, 0.1) is 23.8 Å². The van der Waals surface area contributed by atoms with Crippen LogP contribution in [0.25, 0.3) is 11.4 Å². The van der Waals surface area contributed by atoms with Gasteiger partial charge < -0.3 is 9.84 Å². The number of hydrogen-bond donors (Lipinski definition) is 1. The number of aromatic carboxylic acids is 1. The lowest BCUT2D eigenvalue weighted by atomic mass is 9.97. The van der Waals surface area contributed by atoms with E-state index < -0.39 is 11.8 Å². The zero-order valence-electron chi connectivity index (χ0n) is 13.8. The summed E-state index contributed by atoms with van der Waals surface area (Å²) in [6.07, 6.45) is 2.57. The Kier molecular flexibility index (Phi) is 4.68. The van der Waals surface area contributed by atoms with Crippen LogP contribution in [0.15, 0.2) is 36.8 Å². The number of para-hydroxylation sites is 1. The lowest BCUT2D eigenvalue weighted by molar-refractivity contribution is 0.0692. The zero-order chi connectivity index (χ0) is 18.8. The predicted octanol–water partition coefficient (Wildman–Crippen LogP) is 2.47. The van der Waals surface area contributed by atoms with E-state index in [1.54, 1.807) is 19.2 Å². The molecular formula is C17H13ClN4O4. The largest absolute Gasteiger partial charge is 0.495 e. The number of ketones is 1. The number of ether oxygens (including phenoxy) is 1. The van der Waals surface area contributed by atoms with Crippen molar-refractivity contribution in [1.29, 1.82) is 0 Å². The first-order valence-corrected chi connectivity index (χ1v) is 7.76. The molecule has 1 N–H and O–H groups in total. The molecule has 0 bridgehead atoms. The number of carbonyl (C=O) groups is 2. The molecule has 0 amide bonds. The van der Waals surface area contributed by atoms with Gasteiger partial charge in [0.25, 0.3) is 0 Å². The summed E-state index contributed by atoms with van der Waals surface area (Å²) in [5.74, 6) is -1.21. The average Bonchev–Trinajstić information content (AvgIpc) is 3.06.